The zero-order valence-electron chi connectivity index (χ0n) is 12.0. The molecule has 0 atom stereocenters. The van der Waals surface area contributed by atoms with E-state index in [1.54, 1.807) is 25.1 Å². The Bertz CT molecular complexity index is 531. The van der Waals surface area contributed by atoms with E-state index >= 15 is 0 Å². The van der Waals surface area contributed by atoms with E-state index in [2.05, 4.69) is 5.32 Å². The van der Waals surface area contributed by atoms with Gasteiger partial charge in [0.05, 0.1) is 5.56 Å². The molecule has 0 heterocycles. The van der Waals surface area contributed by atoms with Crippen LogP contribution in [0.5, 0.6) is 0 Å². The summed E-state index contributed by atoms with van der Waals surface area (Å²) in [6.45, 7) is 3.78. The second-order valence-electron chi connectivity index (χ2n) is 5.58. The SMILES string of the molecule is CCC1(C(=O)Nc2cccc(C(=O)O)c2C)CCCC1. The third-order valence-electron chi connectivity index (χ3n) is 4.53. The Morgan fingerprint density at radius 1 is 1.30 bits per heavy atom. The van der Waals surface area contributed by atoms with Crippen molar-refractivity contribution in [3.63, 3.8) is 0 Å². The van der Waals surface area contributed by atoms with E-state index in [9.17, 15) is 9.59 Å². The second-order valence-corrected chi connectivity index (χ2v) is 5.58. The molecule has 2 N–H and O–H groups in total. The van der Waals surface area contributed by atoms with Crippen molar-refractivity contribution in [3.8, 4) is 0 Å². The Kier molecular flexibility index (Phi) is 4.12. The molecule has 0 aromatic heterocycles. The van der Waals surface area contributed by atoms with Crippen LogP contribution in [0.3, 0.4) is 0 Å². The molecule has 20 heavy (non-hydrogen) atoms. The van der Waals surface area contributed by atoms with Crippen LogP contribution < -0.4 is 5.32 Å². The first-order valence-electron chi connectivity index (χ1n) is 7.14. The summed E-state index contributed by atoms with van der Waals surface area (Å²) in [5, 5.41) is 12.1. The molecule has 1 fully saturated rings. The fourth-order valence-electron chi connectivity index (χ4n) is 3.05. The third-order valence-corrected chi connectivity index (χ3v) is 4.53. The maximum atomic E-state index is 12.5. The van der Waals surface area contributed by atoms with Gasteiger partial charge in [-0.3, -0.25) is 4.79 Å². The molecule has 4 nitrogen and oxygen atoms in total. The Labute approximate surface area is 119 Å². The van der Waals surface area contributed by atoms with E-state index in [0.29, 0.717) is 11.3 Å². The van der Waals surface area contributed by atoms with E-state index < -0.39 is 5.97 Å². The van der Waals surface area contributed by atoms with Crippen LogP contribution in [0.15, 0.2) is 18.2 Å². The molecule has 1 aliphatic rings. The summed E-state index contributed by atoms with van der Waals surface area (Å²) in [6.07, 6.45) is 4.86. The molecular formula is C16H21NO3. The van der Waals surface area contributed by atoms with Gasteiger partial charge in [0.2, 0.25) is 5.91 Å². The summed E-state index contributed by atoms with van der Waals surface area (Å²) < 4.78 is 0. The monoisotopic (exact) mass is 275 g/mol. The topological polar surface area (TPSA) is 66.4 Å². The average Bonchev–Trinajstić information content (AvgIpc) is 2.90. The minimum absolute atomic E-state index is 0.0307. The second kappa shape index (κ2) is 5.65. The highest BCUT2D eigenvalue weighted by Gasteiger charge is 2.39. The molecular weight excluding hydrogens is 254 g/mol. The summed E-state index contributed by atoms with van der Waals surface area (Å²) in [7, 11) is 0. The number of hydrogen-bond acceptors (Lipinski definition) is 2. The number of carboxylic acid groups (broad SMARTS) is 1. The number of rotatable bonds is 4. The minimum atomic E-state index is -0.968. The zero-order valence-corrected chi connectivity index (χ0v) is 12.0. The van der Waals surface area contributed by atoms with Crippen LogP contribution in [0.1, 0.15) is 54.9 Å². The number of amides is 1. The summed E-state index contributed by atoms with van der Waals surface area (Å²) >= 11 is 0. The van der Waals surface area contributed by atoms with Gasteiger partial charge in [0, 0.05) is 11.1 Å². The van der Waals surface area contributed by atoms with Gasteiger partial charge in [0.1, 0.15) is 0 Å². The molecule has 1 saturated carbocycles. The van der Waals surface area contributed by atoms with E-state index in [1.807, 2.05) is 6.92 Å². The van der Waals surface area contributed by atoms with E-state index in [0.717, 1.165) is 32.1 Å². The van der Waals surface area contributed by atoms with Crippen molar-refractivity contribution >= 4 is 17.6 Å². The molecule has 108 valence electrons. The maximum absolute atomic E-state index is 12.5. The van der Waals surface area contributed by atoms with Gasteiger partial charge in [-0.15, -0.1) is 0 Å². The smallest absolute Gasteiger partial charge is 0.336 e. The van der Waals surface area contributed by atoms with Crippen LogP contribution in [0, 0.1) is 12.3 Å². The van der Waals surface area contributed by atoms with Gasteiger partial charge in [0.15, 0.2) is 0 Å². The number of carbonyl (C=O) groups is 2. The number of benzene rings is 1. The van der Waals surface area contributed by atoms with Crippen LogP contribution in [0.4, 0.5) is 5.69 Å². The molecule has 0 unspecified atom stereocenters. The lowest BCUT2D eigenvalue weighted by Gasteiger charge is -2.26. The van der Waals surface area contributed by atoms with Gasteiger partial charge in [-0.05, 0) is 43.9 Å². The number of carbonyl (C=O) groups excluding carboxylic acids is 1. The molecule has 1 aromatic carbocycles. The molecule has 1 aromatic rings. The van der Waals surface area contributed by atoms with E-state index in [-0.39, 0.29) is 16.9 Å². The Hall–Kier alpha value is -1.84. The van der Waals surface area contributed by atoms with Gasteiger partial charge >= 0.3 is 5.97 Å². The quantitative estimate of drug-likeness (QED) is 0.882. The predicted molar refractivity (Wildman–Crippen MR) is 78.0 cm³/mol. The lowest BCUT2D eigenvalue weighted by Crippen LogP contribution is -2.33. The van der Waals surface area contributed by atoms with Crippen LogP contribution >= 0.6 is 0 Å². The van der Waals surface area contributed by atoms with Crippen molar-refractivity contribution in [1.82, 2.24) is 0 Å². The van der Waals surface area contributed by atoms with Crippen molar-refractivity contribution in [2.45, 2.75) is 46.0 Å². The van der Waals surface area contributed by atoms with Crippen molar-refractivity contribution in [2.24, 2.45) is 5.41 Å². The van der Waals surface area contributed by atoms with E-state index in [1.165, 1.54) is 0 Å². The Balaban J connectivity index is 2.24. The highest BCUT2D eigenvalue weighted by Crippen LogP contribution is 2.42. The van der Waals surface area contributed by atoms with Gasteiger partial charge in [-0.25, -0.2) is 4.79 Å². The molecule has 0 aliphatic heterocycles. The first kappa shape index (κ1) is 14.6. The molecule has 1 aliphatic carbocycles. The molecule has 4 heteroatoms. The highest BCUT2D eigenvalue weighted by atomic mass is 16.4. The van der Waals surface area contributed by atoms with Gasteiger partial charge in [0.25, 0.3) is 0 Å². The molecule has 2 rings (SSSR count). The number of hydrogen-bond donors (Lipinski definition) is 2. The molecule has 1 amide bonds. The number of carboxylic acids is 1. The molecule has 0 radical (unpaired) electrons. The normalized spacial score (nSPS) is 16.9. The number of nitrogens with one attached hydrogen (secondary N) is 1. The van der Waals surface area contributed by atoms with Crippen molar-refractivity contribution in [1.29, 1.82) is 0 Å². The van der Waals surface area contributed by atoms with Crippen molar-refractivity contribution in [2.75, 3.05) is 5.32 Å². The first-order chi connectivity index (χ1) is 9.50. The van der Waals surface area contributed by atoms with Crippen LogP contribution in [0.25, 0.3) is 0 Å². The minimum Gasteiger partial charge on any atom is -0.478 e. The van der Waals surface area contributed by atoms with Crippen molar-refractivity contribution < 1.29 is 14.7 Å². The summed E-state index contributed by atoms with van der Waals surface area (Å²) in [5.41, 5.74) is 1.18. The number of anilines is 1. The Morgan fingerprint density at radius 2 is 1.95 bits per heavy atom. The molecule has 0 saturated heterocycles. The summed E-state index contributed by atoms with van der Waals surface area (Å²) in [4.78, 5) is 23.7. The fraction of sp³-hybridized carbons (Fsp3) is 0.500. The lowest BCUT2D eigenvalue weighted by molar-refractivity contribution is -0.125. The maximum Gasteiger partial charge on any atom is 0.336 e. The molecule has 0 bridgehead atoms. The summed E-state index contributed by atoms with van der Waals surface area (Å²) in [6, 6.07) is 4.98. The van der Waals surface area contributed by atoms with Gasteiger partial charge < -0.3 is 10.4 Å². The fourth-order valence-corrected chi connectivity index (χ4v) is 3.05. The average molecular weight is 275 g/mol. The third kappa shape index (κ3) is 2.55. The predicted octanol–water partition coefficient (Wildman–Crippen LogP) is 3.60. The zero-order chi connectivity index (χ0) is 14.8. The van der Waals surface area contributed by atoms with Gasteiger partial charge in [-0.1, -0.05) is 25.8 Å². The first-order valence-corrected chi connectivity index (χ1v) is 7.14. The van der Waals surface area contributed by atoms with Crippen LogP contribution in [-0.2, 0) is 4.79 Å². The van der Waals surface area contributed by atoms with Crippen LogP contribution in [-0.4, -0.2) is 17.0 Å². The summed E-state index contributed by atoms with van der Waals surface area (Å²) in [5.74, 6) is -0.937. The van der Waals surface area contributed by atoms with Gasteiger partial charge in [-0.2, -0.15) is 0 Å². The largest absolute Gasteiger partial charge is 0.478 e. The van der Waals surface area contributed by atoms with Crippen molar-refractivity contribution in [3.05, 3.63) is 29.3 Å². The standard InChI is InChI=1S/C16H21NO3/c1-3-16(9-4-5-10-16)15(20)17-13-8-6-7-12(11(13)2)14(18)19/h6-8H,3-5,9-10H2,1-2H3,(H,17,20)(H,18,19). The van der Waals surface area contributed by atoms with Crippen LogP contribution in [0.2, 0.25) is 0 Å². The van der Waals surface area contributed by atoms with E-state index in [4.69, 9.17) is 5.11 Å². The Morgan fingerprint density at radius 3 is 2.50 bits per heavy atom. The highest BCUT2D eigenvalue weighted by molar-refractivity contribution is 5.98. The number of aromatic carboxylic acids is 1. The lowest BCUT2D eigenvalue weighted by atomic mass is 9.82. The molecule has 0 spiro atoms.